The molecule has 12 heavy (non-hydrogen) atoms. The fourth-order valence-electron chi connectivity index (χ4n) is 1.87. The lowest BCUT2D eigenvalue weighted by Gasteiger charge is -2.28. The van der Waals surface area contributed by atoms with Gasteiger partial charge in [0.05, 0.1) is 5.78 Å². The van der Waals surface area contributed by atoms with Crippen LogP contribution >= 0.6 is 7.37 Å². The zero-order valence-corrected chi connectivity index (χ0v) is 8.46. The third-order valence-corrected chi connectivity index (χ3v) is 4.21. The molecule has 0 spiro atoms. The zero-order chi connectivity index (χ0) is 9.19. The highest BCUT2D eigenvalue weighted by Crippen LogP contribution is 2.45. The Balaban J connectivity index is 2.51. The van der Waals surface area contributed by atoms with Gasteiger partial charge in [0.15, 0.2) is 0 Å². The van der Waals surface area contributed by atoms with Crippen LogP contribution in [0.5, 0.6) is 0 Å². The van der Waals surface area contributed by atoms with Crippen LogP contribution in [0.2, 0.25) is 0 Å². The Hall–Kier alpha value is 0.150. The maximum atomic E-state index is 11.2. The maximum Gasteiger partial charge on any atom is 0.214 e. The summed E-state index contributed by atoms with van der Waals surface area (Å²) in [6.45, 7) is 1.37. The smallest absolute Gasteiger partial charge is 0.214 e. The van der Waals surface area contributed by atoms with Crippen LogP contribution in [-0.4, -0.2) is 17.3 Å². The van der Waals surface area contributed by atoms with Crippen LogP contribution in [0.4, 0.5) is 0 Å². The molecule has 0 aliphatic heterocycles. The molecule has 1 saturated carbocycles. The van der Waals surface area contributed by atoms with Crippen molar-refractivity contribution in [3.05, 3.63) is 0 Å². The molecule has 72 valence electrons. The van der Waals surface area contributed by atoms with Crippen LogP contribution in [0.25, 0.3) is 0 Å². The number of hydrogen-bond acceptors (Lipinski definition) is 2. The van der Waals surface area contributed by atoms with E-state index in [0.29, 0.717) is 0 Å². The molecule has 2 unspecified atom stereocenters. The van der Waals surface area contributed by atoms with Gasteiger partial charge in [-0.1, -0.05) is 19.3 Å². The van der Waals surface area contributed by atoms with Crippen LogP contribution in [0.1, 0.15) is 32.1 Å². The van der Waals surface area contributed by atoms with Gasteiger partial charge in [0.1, 0.15) is 0 Å². The van der Waals surface area contributed by atoms with Crippen molar-refractivity contribution in [3.8, 4) is 0 Å². The lowest BCUT2D eigenvalue weighted by atomic mass is 9.89. The third-order valence-electron chi connectivity index (χ3n) is 2.69. The molecule has 0 aromatic carbocycles. The van der Waals surface area contributed by atoms with Gasteiger partial charge in [0.2, 0.25) is 7.37 Å². The average Bonchev–Trinajstić information content (AvgIpc) is 2.03. The summed E-state index contributed by atoms with van der Waals surface area (Å²) in [4.78, 5) is 9.27. The molecule has 3 N–H and O–H groups in total. The highest BCUT2D eigenvalue weighted by molar-refractivity contribution is 7.57. The normalized spacial score (nSPS) is 27.9. The summed E-state index contributed by atoms with van der Waals surface area (Å²) < 4.78 is 11.2. The topological polar surface area (TPSA) is 63.3 Å². The lowest BCUT2D eigenvalue weighted by Crippen LogP contribution is -2.31. The van der Waals surface area contributed by atoms with Gasteiger partial charge in [0.25, 0.3) is 0 Å². The summed E-state index contributed by atoms with van der Waals surface area (Å²) in [5.74, 6) is -0.211. The fraction of sp³-hybridized carbons (Fsp3) is 1.00. The second-order valence-corrected chi connectivity index (χ2v) is 6.31. The van der Waals surface area contributed by atoms with E-state index in [1.807, 2.05) is 0 Å². The number of nitrogens with two attached hydrogens (primary N) is 1. The second-order valence-electron chi connectivity index (χ2n) is 3.83. The summed E-state index contributed by atoms with van der Waals surface area (Å²) >= 11 is 0. The lowest BCUT2D eigenvalue weighted by molar-refractivity contribution is 0.329. The van der Waals surface area contributed by atoms with Gasteiger partial charge in [-0.25, -0.2) is 0 Å². The van der Waals surface area contributed by atoms with E-state index in [1.54, 1.807) is 0 Å². The first-order valence-corrected chi connectivity index (χ1v) is 6.75. The van der Waals surface area contributed by atoms with Crippen molar-refractivity contribution in [1.82, 2.24) is 0 Å². The number of hydrogen-bond donors (Lipinski definition) is 2. The molecule has 0 amide bonds. The molecular weight excluding hydrogens is 173 g/mol. The van der Waals surface area contributed by atoms with Crippen molar-refractivity contribution in [2.24, 2.45) is 11.7 Å². The van der Waals surface area contributed by atoms with E-state index in [0.717, 1.165) is 12.8 Å². The van der Waals surface area contributed by atoms with Crippen molar-refractivity contribution >= 4 is 7.37 Å². The molecule has 1 aliphatic rings. The Kier molecular flexibility index (Phi) is 3.33. The molecule has 0 bridgehead atoms. The standard InChI is InChI=1S/C8H18NO2P/c1-12(10,11)8(9)7-5-3-2-4-6-7/h7-8H,2-6,9H2,1H3,(H,10,11). The minimum atomic E-state index is -3.05. The number of rotatable bonds is 2. The molecule has 0 aromatic heterocycles. The Morgan fingerprint density at radius 2 is 1.92 bits per heavy atom. The Bertz CT molecular complexity index is 183. The zero-order valence-electron chi connectivity index (χ0n) is 7.57. The Morgan fingerprint density at radius 1 is 1.42 bits per heavy atom. The molecule has 3 nitrogen and oxygen atoms in total. The van der Waals surface area contributed by atoms with Crippen molar-refractivity contribution < 1.29 is 9.46 Å². The fourth-order valence-corrected chi connectivity index (χ4v) is 2.95. The van der Waals surface area contributed by atoms with Crippen molar-refractivity contribution in [2.45, 2.75) is 37.9 Å². The monoisotopic (exact) mass is 191 g/mol. The summed E-state index contributed by atoms with van der Waals surface area (Å²) in [5, 5.41) is 0. The summed E-state index contributed by atoms with van der Waals surface area (Å²) in [6.07, 6.45) is 5.64. The third kappa shape index (κ3) is 2.58. The van der Waals surface area contributed by atoms with Crippen LogP contribution in [0, 0.1) is 5.92 Å². The quantitative estimate of drug-likeness (QED) is 0.653. The summed E-state index contributed by atoms with van der Waals surface area (Å²) in [6, 6.07) is 0. The van der Waals surface area contributed by atoms with Gasteiger partial charge in [-0.15, -0.1) is 0 Å². The first kappa shape index (κ1) is 10.2. The van der Waals surface area contributed by atoms with Crippen LogP contribution in [0.3, 0.4) is 0 Å². The molecule has 0 aromatic rings. The van der Waals surface area contributed by atoms with Crippen LogP contribution < -0.4 is 5.73 Å². The predicted molar refractivity (Wildman–Crippen MR) is 50.3 cm³/mol. The second kappa shape index (κ2) is 3.91. The van der Waals surface area contributed by atoms with Gasteiger partial charge in [0, 0.05) is 6.66 Å². The van der Waals surface area contributed by atoms with E-state index < -0.39 is 13.2 Å². The Labute approximate surface area is 73.8 Å². The van der Waals surface area contributed by atoms with Crippen molar-refractivity contribution in [1.29, 1.82) is 0 Å². The van der Waals surface area contributed by atoms with Gasteiger partial charge in [-0.2, -0.15) is 0 Å². The van der Waals surface area contributed by atoms with Gasteiger partial charge in [-0.3, -0.25) is 4.57 Å². The highest BCUT2D eigenvalue weighted by atomic mass is 31.2. The molecular formula is C8H18NO2P. The van der Waals surface area contributed by atoms with Crippen molar-refractivity contribution in [3.63, 3.8) is 0 Å². The molecule has 1 aliphatic carbocycles. The maximum absolute atomic E-state index is 11.2. The van der Waals surface area contributed by atoms with Crippen LogP contribution in [0.15, 0.2) is 0 Å². The molecule has 0 heterocycles. The van der Waals surface area contributed by atoms with Crippen LogP contribution in [-0.2, 0) is 4.57 Å². The molecule has 4 heteroatoms. The first-order chi connectivity index (χ1) is 5.52. The average molecular weight is 191 g/mol. The van der Waals surface area contributed by atoms with Gasteiger partial charge >= 0.3 is 0 Å². The van der Waals surface area contributed by atoms with E-state index in [1.165, 1.54) is 25.9 Å². The van der Waals surface area contributed by atoms with E-state index in [9.17, 15) is 9.46 Å². The first-order valence-electron chi connectivity index (χ1n) is 4.57. The van der Waals surface area contributed by atoms with E-state index in [-0.39, 0.29) is 5.92 Å². The van der Waals surface area contributed by atoms with Gasteiger partial charge in [-0.05, 0) is 18.8 Å². The predicted octanol–water partition coefficient (Wildman–Crippen LogP) is 1.75. The SMILES string of the molecule is CP(=O)(O)C(N)C1CCCCC1. The molecule has 1 fully saturated rings. The molecule has 0 radical (unpaired) electrons. The molecule has 1 rings (SSSR count). The van der Waals surface area contributed by atoms with Gasteiger partial charge < -0.3 is 10.6 Å². The summed E-state index contributed by atoms with van der Waals surface area (Å²) in [5.41, 5.74) is 5.71. The van der Waals surface area contributed by atoms with E-state index in [4.69, 9.17) is 5.73 Å². The minimum Gasteiger partial charge on any atom is -0.343 e. The largest absolute Gasteiger partial charge is 0.343 e. The molecule has 0 saturated heterocycles. The van der Waals surface area contributed by atoms with E-state index >= 15 is 0 Å². The molecule has 2 atom stereocenters. The highest BCUT2D eigenvalue weighted by Gasteiger charge is 2.30. The van der Waals surface area contributed by atoms with Crippen molar-refractivity contribution in [2.75, 3.05) is 6.66 Å². The minimum absolute atomic E-state index is 0.277. The summed E-state index contributed by atoms with van der Waals surface area (Å²) in [7, 11) is -3.05. The Morgan fingerprint density at radius 3 is 2.33 bits per heavy atom. The van der Waals surface area contributed by atoms with E-state index in [2.05, 4.69) is 0 Å².